The van der Waals surface area contributed by atoms with Crippen LogP contribution in [0.15, 0.2) is 24.3 Å². The molecule has 0 bridgehead atoms. The highest BCUT2D eigenvalue weighted by molar-refractivity contribution is 5.99. The number of morpholine rings is 1. The molecule has 5 rings (SSSR count). The van der Waals surface area contributed by atoms with Crippen molar-refractivity contribution < 1.29 is 33.7 Å². The Bertz CT molecular complexity index is 1040. The Morgan fingerprint density at radius 2 is 1.78 bits per heavy atom. The van der Waals surface area contributed by atoms with E-state index >= 15 is 0 Å². The van der Waals surface area contributed by atoms with Crippen LogP contribution < -0.4 is 0 Å². The van der Waals surface area contributed by atoms with Gasteiger partial charge >= 0.3 is 5.97 Å². The predicted octanol–water partition coefficient (Wildman–Crippen LogP) is 1.77. The van der Waals surface area contributed by atoms with E-state index in [1.54, 1.807) is 9.80 Å². The Morgan fingerprint density at radius 3 is 2.49 bits per heavy atom. The van der Waals surface area contributed by atoms with Gasteiger partial charge < -0.3 is 29.1 Å². The van der Waals surface area contributed by atoms with E-state index in [0.29, 0.717) is 45.9 Å². The minimum atomic E-state index is -1.35. The molecule has 2 amide bonds. The van der Waals surface area contributed by atoms with Crippen molar-refractivity contribution >= 4 is 17.8 Å². The summed E-state index contributed by atoms with van der Waals surface area (Å²) in [6, 6.07) is -1.57. The highest BCUT2D eigenvalue weighted by atomic mass is 16.6. The Morgan fingerprint density at radius 1 is 1.00 bits per heavy atom. The molecule has 1 spiro atoms. The first-order valence-electron chi connectivity index (χ1n) is 15.6. The summed E-state index contributed by atoms with van der Waals surface area (Å²) < 4.78 is 18.3. The van der Waals surface area contributed by atoms with Crippen molar-refractivity contribution in [3.05, 3.63) is 24.3 Å². The molecule has 5 aliphatic rings. The van der Waals surface area contributed by atoms with Crippen LogP contribution in [0.25, 0.3) is 0 Å². The van der Waals surface area contributed by atoms with Gasteiger partial charge in [-0.3, -0.25) is 19.3 Å². The number of allylic oxidation sites excluding steroid dienone is 1. The summed E-state index contributed by atoms with van der Waals surface area (Å²) >= 11 is 0. The van der Waals surface area contributed by atoms with Crippen molar-refractivity contribution in [2.45, 2.75) is 76.2 Å². The number of hydrogen-bond donors (Lipinski definition) is 1. The number of cyclic esters (lactones) is 1. The molecule has 1 N–H and O–H groups in total. The summed E-state index contributed by atoms with van der Waals surface area (Å²) in [6.07, 6.45) is 11.4. The first-order valence-corrected chi connectivity index (χ1v) is 15.6. The molecule has 10 heteroatoms. The molecule has 0 aliphatic carbocycles. The average molecular weight is 574 g/mol. The lowest BCUT2D eigenvalue weighted by molar-refractivity contribution is -0.164. The number of carbonyl (C=O) groups excluding carboxylic acids is 3. The van der Waals surface area contributed by atoms with E-state index in [9.17, 15) is 19.5 Å². The fraction of sp³-hybridized carbons (Fsp3) is 0.774. The van der Waals surface area contributed by atoms with Crippen LogP contribution in [0.5, 0.6) is 0 Å². The summed E-state index contributed by atoms with van der Waals surface area (Å²) in [5.41, 5.74) is -2.42. The smallest absolute Gasteiger partial charge is 0.313 e. The van der Waals surface area contributed by atoms with Crippen LogP contribution in [0, 0.1) is 17.8 Å². The first kappa shape index (κ1) is 30.2. The fourth-order valence-corrected chi connectivity index (χ4v) is 7.48. The molecule has 0 aromatic heterocycles. The molecule has 7 atom stereocenters. The molecule has 1 unspecified atom stereocenters. The first-order chi connectivity index (χ1) is 19.8. The van der Waals surface area contributed by atoms with Crippen LogP contribution >= 0.6 is 0 Å². The zero-order valence-corrected chi connectivity index (χ0v) is 24.8. The normalized spacial score (nSPS) is 36.7. The zero-order valence-electron chi connectivity index (χ0n) is 24.8. The topological polar surface area (TPSA) is 109 Å². The van der Waals surface area contributed by atoms with Crippen molar-refractivity contribution in [1.82, 2.24) is 14.7 Å². The number of carbonyl (C=O) groups is 3. The third-order valence-electron chi connectivity index (χ3n) is 10.0. The molecular formula is C31H47N3O7. The molecule has 5 heterocycles. The second-order valence-electron chi connectivity index (χ2n) is 12.2. The van der Waals surface area contributed by atoms with Crippen molar-refractivity contribution in [3.8, 4) is 0 Å². The Hall–Kier alpha value is -2.27. The van der Waals surface area contributed by atoms with Gasteiger partial charge in [0, 0.05) is 32.7 Å². The number of nitrogens with zero attached hydrogens (tertiary/aromatic N) is 3. The van der Waals surface area contributed by atoms with Crippen molar-refractivity contribution in [1.29, 1.82) is 0 Å². The van der Waals surface area contributed by atoms with E-state index in [2.05, 4.69) is 11.0 Å². The Labute approximate surface area is 243 Å². The lowest BCUT2D eigenvalue weighted by Gasteiger charge is -2.42. The molecule has 3 fully saturated rings. The number of esters is 1. The molecule has 3 saturated heterocycles. The maximum Gasteiger partial charge on any atom is 0.313 e. The number of ether oxygens (including phenoxy) is 3. The Balaban J connectivity index is 1.58. The number of fused-ring (bicyclic) bond motifs is 2. The van der Waals surface area contributed by atoms with Crippen molar-refractivity contribution in [2.75, 3.05) is 59.2 Å². The summed E-state index contributed by atoms with van der Waals surface area (Å²) in [6.45, 7) is 10.5. The summed E-state index contributed by atoms with van der Waals surface area (Å²) in [4.78, 5) is 48.7. The number of likely N-dealkylation sites (tertiary alicyclic amines) is 1. The minimum absolute atomic E-state index is 0.0616. The maximum atomic E-state index is 14.6. The van der Waals surface area contributed by atoms with Gasteiger partial charge in [0.05, 0.1) is 38.4 Å². The highest BCUT2D eigenvalue weighted by Gasteiger charge is 2.76. The monoisotopic (exact) mass is 573 g/mol. The molecular weight excluding hydrogens is 526 g/mol. The van der Waals surface area contributed by atoms with E-state index in [-0.39, 0.29) is 24.3 Å². The third-order valence-corrected chi connectivity index (χ3v) is 10.0. The molecule has 228 valence electrons. The van der Waals surface area contributed by atoms with Crippen molar-refractivity contribution in [2.24, 2.45) is 17.8 Å². The van der Waals surface area contributed by atoms with Crippen LogP contribution in [0.1, 0.15) is 52.9 Å². The van der Waals surface area contributed by atoms with E-state index in [1.165, 1.54) is 0 Å². The quantitative estimate of drug-likeness (QED) is 0.346. The molecule has 0 saturated carbocycles. The number of amides is 2. The number of aliphatic hydroxyl groups is 1. The second kappa shape index (κ2) is 12.5. The van der Waals surface area contributed by atoms with Gasteiger partial charge in [-0.2, -0.15) is 0 Å². The molecule has 5 aliphatic heterocycles. The van der Waals surface area contributed by atoms with Crippen LogP contribution in [-0.4, -0.2) is 120 Å². The third kappa shape index (κ3) is 5.26. The molecule has 10 nitrogen and oxygen atoms in total. The van der Waals surface area contributed by atoms with Gasteiger partial charge in [-0.15, -0.1) is 0 Å². The largest absolute Gasteiger partial charge is 0.465 e. The molecule has 0 aromatic rings. The number of hydrogen-bond acceptors (Lipinski definition) is 8. The molecule has 41 heavy (non-hydrogen) atoms. The van der Waals surface area contributed by atoms with E-state index in [4.69, 9.17) is 14.2 Å². The summed E-state index contributed by atoms with van der Waals surface area (Å²) in [7, 11) is 0. The van der Waals surface area contributed by atoms with Gasteiger partial charge in [0.15, 0.2) is 0 Å². The summed E-state index contributed by atoms with van der Waals surface area (Å²) in [5, 5.41) is 10.6. The predicted molar refractivity (Wildman–Crippen MR) is 152 cm³/mol. The fourth-order valence-electron chi connectivity index (χ4n) is 7.48. The van der Waals surface area contributed by atoms with Crippen LogP contribution in [-0.2, 0) is 28.6 Å². The van der Waals surface area contributed by atoms with Gasteiger partial charge in [0.25, 0.3) is 0 Å². The lowest BCUT2D eigenvalue weighted by atomic mass is 9.73. The van der Waals surface area contributed by atoms with Gasteiger partial charge in [0.2, 0.25) is 11.8 Å². The minimum Gasteiger partial charge on any atom is -0.465 e. The van der Waals surface area contributed by atoms with E-state index in [1.807, 2.05) is 39.0 Å². The highest BCUT2D eigenvalue weighted by Crippen LogP contribution is 2.58. The van der Waals surface area contributed by atoms with Gasteiger partial charge in [-0.1, -0.05) is 51.5 Å². The summed E-state index contributed by atoms with van der Waals surface area (Å²) in [5.74, 6) is -2.85. The number of rotatable bonds is 8. The number of aliphatic hydroxyl groups excluding tert-OH is 1. The SMILES string of the molecule is CC[C@H](C)[C@H](CO)N1C(=O)[C@@H]2[C@@H]3C(=O)OCCCC/C=C\[C@]3(CC)O[C@@]23C=CCN(CCN2CCOCC2)C(=O)C13. The van der Waals surface area contributed by atoms with Gasteiger partial charge in [-0.05, 0) is 31.6 Å². The maximum absolute atomic E-state index is 14.6. The van der Waals surface area contributed by atoms with E-state index < -0.39 is 41.1 Å². The standard InChI is InChI=1S/C31H47N3O7/c1-4-22(3)23(21-35)34-26-28(37)33(15-14-32-16-19-39-20-17-32)13-10-12-31(26)24(27(34)36)25-29(38)40-18-9-7-6-8-11-30(25,5-2)41-31/h8,10-12,22-26,35H,4-7,9,13-21H2,1-3H3/b11-8-/t22-,23-,24-,25+,26?,30-,31-/m0/s1. The lowest BCUT2D eigenvalue weighted by Crippen LogP contribution is -2.60. The second-order valence-corrected chi connectivity index (χ2v) is 12.2. The Kier molecular flexibility index (Phi) is 9.23. The van der Waals surface area contributed by atoms with Crippen LogP contribution in [0.4, 0.5) is 0 Å². The molecule has 0 aromatic carbocycles. The van der Waals surface area contributed by atoms with Gasteiger partial charge in [0.1, 0.15) is 23.2 Å². The van der Waals surface area contributed by atoms with E-state index in [0.717, 1.165) is 38.8 Å². The van der Waals surface area contributed by atoms with Crippen LogP contribution in [0.3, 0.4) is 0 Å². The van der Waals surface area contributed by atoms with Crippen molar-refractivity contribution in [3.63, 3.8) is 0 Å². The van der Waals surface area contributed by atoms with Crippen LogP contribution in [0.2, 0.25) is 0 Å². The van der Waals surface area contributed by atoms with Gasteiger partial charge in [-0.25, -0.2) is 0 Å². The molecule has 0 radical (unpaired) electrons. The average Bonchev–Trinajstić information content (AvgIpc) is 3.35. The zero-order chi connectivity index (χ0) is 29.2.